The third-order valence-electron chi connectivity index (χ3n) is 4.83. The summed E-state index contributed by atoms with van der Waals surface area (Å²) in [6, 6.07) is 14.7. The molecule has 0 aliphatic rings. The van der Waals surface area contributed by atoms with Crippen LogP contribution in [-0.4, -0.2) is 41.8 Å². The molecular weight excluding hydrogens is 434 g/mol. The average Bonchev–Trinajstić information content (AvgIpc) is 3.43. The fraction of sp³-hybridized carbons (Fsp3) is 0.143. The lowest BCUT2D eigenvalue weighted by atomic mass is 10.2. The Morgan fingerprint density at radius 2 is 2.00 bits per heavy atom. The summed E-state index contributed by atoms with van der Waals surface area (Å²) < 4.78 is 13.6. The molecule has 0 radical (unpaired) electrons. The molecule has 0 amide bonds. The number of para-hydroxylation sites is 1. The molecule has 0 aliphatic carbocycles. The van der Waals surface area contributed by atoms with Crippen LogP contribution in [0.3, 0.4) is 0 Å². The second kappa shape index (κ2) is 8.23. The van der Waals surface area contributed by atoms with Gasteiger partial charge in [-0.25, -0.2) is 9.67 Å². The van der Waals surface area contributed by atoms with E-state index in [1.807, 2.05) is 36.4 Å². The van der Waals surface area contributed by atoms with Gasteiger partial charge in [-0.15, -0.1) is 5.10 Å². The summed E-state index contributed by atoms with van der Waals surface area (Å²) in [5, 5.41) is 12.7. The Hall–Kier alpha value is -4.05. The van der Waals surface area contributed by atoms with Crippen molar-refractivity contribution in [1.29, 1.82) is 0 Å². The van der Waals surface area contributed by atoms with Crippen molar-refractivity contribution in [3.8, 4) is 17.1 Å². The van der Waals surface area contributed by atoms with E-state index in [1.54, 1.807) is 23.9 Å². The predicted molar refractivity (Wildman–Crippen MR) is 116 cm³/mol. The first-order chi connectivity index (χ1) is 15.6. The Morgan fingerprint density at radius 3 is 2.84 bits per heavy atom. The van der Waals surface area contributed by atoms with Gasteiger partial charge in [0.2, 0.25) is 11.7 Å². The minimum Gasteiger partial charge on any atom is -0.496 e. The third kappa shape index (κ3) is 3.71. The number of hydrogen-bond donors (Lipinski definition) is 0. The van der Waals surface area contributed by atoms with Crippen LogP contribution in [0.15, 0.2) is 64.2 Å². The normalized spacial score (nSPS) is 11.2. The summed E-state index contributed by atoms with van der Waals surface area (Å²) >= 11 is 6.04. The molecule has 5 aromatic rings. The van der Waals surface area contributed by atoms with Gasteiger partial charge in [0, 0.05) is 5.02 Å². The minimum absolute atomic E-state index is 0.0467. The van der Waals surface area contributed by atoms with Crippen LogP contribution in [0, 0.1) is 0 Å². The van der Waals surface area contributed by atoms with Gasteiger partial charge in [0.15, 0.2) is 11.2 Å². The minimum atomic E-state index is -0.357. The number of ether oxygens (including phenoxy) is 1. The highest BCUT2D eigenvalue weighted by Gasteiger charge is 2.16. The number of aromatic nitrogens is 7. The van der Waals surface area contributed by atoms with Crippen LogP contribution < -0.4 is 10.3 Å². The van der Waals surface area contributed by atoms with Crippen LogP contribution in [0.1, 0.15) is 11.5 Å². The largest absolute Gasteiger partial charge is 0.496 e. The Bertz CT molecular complexity index is 1470. The van der Waals surface area contributed by atoms with Crippen LogP contribution in [0.2, 0.25) is 5.02 Å². The van der Waals surface area contributed by atoms with Gasteiger partial charge in [-0.05, 0) is 29.8 Å². The molecule has 160 valence electrons. The molecule has 3 aromatic heterocycles. The highest BCUT2D eigenvalue weighted by molar-refractivity contribution is 6.30. The summed E-state index contributed by atoms with van der Waals surface area (Å²) in [6.07, 6.45) is 1.41. The summed E-state index contributed by atoms with van der Waals surface area (Å²) in [7, 11) is 1.57. The lowest BCUT2D eigenvalue weighted by molar-refractivity contribution is 0.369. The van der Waals surface area contributed by atoms with Crippen molar-refractivity contribution in [3.63, 3.8) is 0 Å². The molecule has 10 nitrogen and oxygen atoms in total. The Balaban J connectivity index is 1.42. The number of fused-ring (bicyclic) bond motifs is 1. The lowest BCUT2D eigenvalue weighted by Crippen LogP contribution is -2.21. The predicted octanol–water partition coefficient (Wildman–Crippen LogP) is 2.80. The maximum Gasteiger partial charge on any atom is 0.283 e. The van der Waals surface area contributed by atoms with Crippen LogP contribution >= 0.6 is 11.6 Å². The molecule has 32 heavy (non-hydrogen) atoms. The zero-order chi connectivity index (χ0) is 22.1. The molecule has 0 fully saturated rings. The first kappa shape index (κ1) is 19.9. The van der Waals surface area contributed by atoms with Crippen LogP contribution in [0.5, 0.6) is 5.75 Å². The number of hydrogen-bond acceptors (Lipinski definition) is 8. The number of methoxy groups -OCH3 is 1. The maximum atomic E-state index is 12.9. The molecule has 11 heteroatoms. The quantitative estimate of drug-likeness (QED) is 0.388. The van der Waals surface area contributed by atoms with E-state index in [1.165, 1.54) is 10.9 Å². The molecule has 0 unspecified atom stereocenters. The monoisotopic (exact) mass is 449 g/mol. The second-order valence-corrected chi connectivity index (χ2v) is 7.38. The van der Waals surface area contributed by atoms with Crippen molar-refractivity contribution < 1.29 is 9.26 Å². The molecule has 0 saturated heterocycles. The molecular formula is C21H16ClN7O3. The summed E-state index contributed by atoms with van der Waals surface area (Å²) in [5.41, 5.74) is 1.79. The molecule has 5 rings (SSSR count). The van der Waals surface area contributed by atoms with Gasteiger partial charge in [0.1, 0.15) is 18.6 Å². The van der Waals surface area contributed by atoms with Gasteiger partial charge < -0.3 is 9.26 Å². The molecule has 0 aliphatic heterocycles. The molecule has 0 saturated carbocycles. The van der Waals surface area contributed by atoms with Gasteiger partial charge >= 0.3 is 0 Å². The van der Waals surface area contributed by atoms with E-state index in [9.17, 15) is 4.79 Å². The van der Waals surface area contributed by atoms with Crippen molar-refractivity contribution in [1.82, 2.24) is 34.7 Å². The van der Waals surface area contributed by atoms with Gasteiger partial charge in [-0.3, -0.25) is 9.36 Å². The lowest BCUT2D eigenvalue weighted by Gasteiger charge is -2.04. The number of benzene rings is 2. The average molecular weight is 450 g/mol. The first-order valence-corrected chi connectivity index (χ1v) is 9.99. The van der Waals surface area contributed by atoms with E-state index in [2.05, 4.69) is 25.4 Å². The van der Waals surface area contributed by atoms with E-state index in [0.29, 0.717) is 34.4 Å². The van der Waals surface area contributed by atoms with Crippen molar-refractivity contribution in [3.05, 3.63) is 81.7 Å². The van der Waals surface area contributed by atoms with E-state index in [0.717, 1.165) is 5.56 Å². The highest BCUT2D eigenvalue weighted by Crippen LogP contribution is 2.27. The fourth-order valence-electron chi connectivity index (χ4n) is 3.32. The van der Waals surface area contributed by atoms with Gasteiger partial charge in [0.25, 0.3) is 5.56 Å². The SMILES string of the molecule is COc1ccccc1-c1noc(Cn2cnc3c(nnn3Cc3cccc(Cl)c3)c2=O)n1. The van der Waals surface area contributed by atoms with E-state index in [4.69, 9.17) is 20.9 Å². The maximum absolute atomic E-state index is 12.9. The fourth-order valence-corrected chi connectivity index (χ4v) is 3.53. The molecule has 0 N–H and O–H groups in total. The van der Waals surface area contributed by atoms with Gasteiger partial charge in [0.05, 0.1) is 19.2 Å². The van der Waals surface area contributed by atoms with Crippen LogP contribution in [0.25, 0.3) is 22.6 Å². The van der Waals surface area contributed by atoms with E-state index >= 15 is 0 Å². The van der Waals surface area contributed by atoms with Gasteiger partial charge in [-0.2, -0.15) is 4.98 Å². The summed E-state index contributed by atoms with van der Waals surface area (Å²) in [5.74, 6) is 1.24. The van der Waals surface area contributed by atoms with Crippen LogP contribution in [-0.2, 0) is 13.1 Å². The third-order valence-corrected chi connectivity index (χ3v) is 5.07. The topological polar surface area (TPSA) is 114 Å². The summed E-state index contributed by atoms with van der Waals surface area (Å²) in [4.78, 5) is 21.6. The van der Waals surface area contributed by atoms with Crippen molar-refractivity contribution in [2.45, 2.75) is 13.1 Å². The zero-order valence-electron chi connectivity index (χ0n) is 16.8. The van der Waals surface area contributed by atoms with Crippen LogP contribution in [0.4, 0.5) is 0 Å². The van der Waals surface area contributed by atoms with Crippen molar-refractivity contribution in [2.75, 3.05) is 7.11 Å². The Morgan fingerprint density at radius 1 is 1.12 bits per heavy atom. The Kier molecular flexibility index (Phi) is 5.12. The summed E-state index contributed by atoms with van der Waals surface area (Å²) in [6.45, 7) is 0.435. The van der Waals surface area contributed by atoms with Gasteiger partial charge in [-0.1, -0.05) is 46.2 Å². The zero-order valence-corrected chi connectivity index (χ0v) is 17.6. The first-order valence-electron chi connectivity index (χ1n) is 9.61. The smallest absolute Gasteiger partial charge is 0.283 e. The van der Waals surface area contributed by atoms with Crippen molar-refractivity contribution >= 4 is 22.8 Å². The molecule has 0 bridgehead atoms. The van der Waals surface area contributed by atoms with E-state index < -0.39 is 0 Å². The molecule has 2 aromatic carbocycles. The molecule has 0 atom stereocenters. The molecule has 0 spiro atoms. The number of nitrogens with zero attached hydrogens (tertiary/aromatic N) is 7. The molecule has 3 heterocycles. The standard InChI is InChI=1S/C21H16ClN7O3/c1-31-16-8-3-2-7-15(16)19-24-17(32-26-19)11-28-12-23-20-18(21(28)30)25-27-29(20)10-13-5-4-6-14(22)9-13/h2-9,12H,10-11H2,1H3. The number of rotatable bonds is 6. The number of halogens is 1. The Labute approximate surface area is 186 Å². The van der Waals surface area contributed by atoms with Crippen molar-refractivity contribution in [2.24, 2.45) is 0 Å². The highest BCUT2D eigenvalue weighted by atomic mass is 35.5. The van der Waals surface area contributed by atoms with E-state index in [-0.39, 0.29) is 23.5 Å². The second-order valence-electron chi connectivity index (χ2n) is 6.94.